The summed E-state index contributed by atoms with van der Waals surface area (Å²) < 4.78 is 34.5. The van der Waals surface area contributed by atoms with E-state index in [0.29, 0.717) is 55.4 Å². The van der Waals surface area contributed by atoms with E-state index in [1.54, 1.807) is 44.2 Å². The van der Waals surface area contributed by atoms with Gasteiger partial charge in [-0.3, -0.25) is 4.79 Å². The minimum Gasteiger partial charge on any atom is -0.493 e. The maximum Gasteiger partial charge on any atom is 0.338 e. The number of urea groups is 1. The van der Waals surface area contributed by atoms with E-state index in [1.165, 1.54) is 13.3 Å². The average Bonchev–Trinajstić information content (AvgIpc) is 3.51. The van der Waals surface area contributed by atoms with Gasteiger partial charge in [-0.15, -0.1) is 0 Å². The summed E-state index contributed by atoms with van der Waals surface area (Å²) >= 11 is 7.06. The molecule has 3 amide bonds. The largest absolute Gasteiger partial charge is 0.493 e. The van der Waals surface area contributed by atoms with E-state index in [-0.39, 0.29) is 31.3 Å². The molecule has 2 heterocycles. The molecule has 2 aliphatic rings. The normalized spacial score (nSPS) is 15.2. The highest BCUT2D eigenvalue weighted by atomic mass is 79.9. The standard InChI is InChI=1S/C32H30Br2N4O9/c1-4-43-31(40)28-17(2)36-32(41)37-29(28)20-6-8-23(25(12-20)42-3)44-15-27(39)38-35-13-19-9-21(33)30(22(34)10-19)45-14-18-5-7-24-26(11-18)47-16-46-24/h5-13,29H,4,14-16H2,1-3H3,(H,38,39)(H2,36,37,41)/b35-13-/t29-/m1/s1. The molecule has 0 radical (unpaired) electrons. The maximum absolute atomic E-state index is 12.6. The monoisotopic (exact) mass is 772 g/mol. The molecule has 13 nitrogen and oxygen atoms in total. The predicted molar refractivity (Wildman–Crippen MR) is 177 cm³/mol. The maximum atomic E-state index is 12.6. The number of fused-ring (bicyclic) bond motifs is 1. The highest BCUT2D eigenvalue weighted by Crippen LogP contribution is 2.37. The van der Waals surface area contributed by atoms with E-state index in [1.807, 2.05) is 18.2 Å². The predicted octanol–water partition coefficient (Wildman–Crippen LogP) is 5.25. The van der Waals surface area contributed by atoms with E-state index in [0.717, 1.165) is 5.56 Å². The fourth-order valence-electron chi connectivity index (χ4n) is 4.74. The molecule has 2 aliphatic heterocycles. The topological polar surface area (TPSA) is 155 Å². The lowest BCUT2D eigenvalue weighted by atomic mass is 9.95. The Labute approximate surface area is 286 Å². The van der Waals surface area contributed by atoms with Crippen LogP contribution in [0.3, 0.4) is 0 Å². The Morgan fingerprint density at radius 1 is 1.04 bits per heavy atom. The molecule has 3 aromatic rings. The number of hydrogen-bond acceptors (Lipinski definition) is 10. The number of hydrogen-bond donors (Lipinski definition) is 3. The number of methoxy groups -OCH3 is 1. The molecular weight excluding hydrogens is 744 g/mol. The molecule has 0 bridgehead atoms. The van der Waals surface area contributed by atoms with Crippen LogP contribution in [0, 0.1) is 0 Å². The summed E-state index contributed by atoms with van der Waals surface area (Å²) in [6.45, 7) is 3.66. The molecule has 246 valence electrons. The van der Waals surface area contributed by atoms with Gasteiger partial charge in [0, 0.05) is 5.70 Å². The zero-order chi connectivity index (χ0) is 33.5. The first-order chi connectivity index (χ1) is 22.7. The zero-order valence-electron chi connectivity index (χ0n) is 25.5. The van der Waals surface area contributed by atoms with E-state index in [9.17, 15) is 14.4 Å². The van der Waals surface area contributed by atoms with Crippen molar-refractivity contribution in [1.82, 2.24) is 16.1 Å². The molecule has 0 unspecified atom stereocenters. The second-order valence-electron chi connectivity index (χ2n) is 10.1. The number of allylic oxidation sites excluding steroid dienone is 1. The van der Waals surface area contributed by atoms with Crippen molar-refractivity contribution in [2.24, 2.45) is 5.10 Å². The molecule has 0 fully saturated rings. The van der Waals surface area contributed by atoms with Crippen LogP contribution >= 0.6 is 31.9 Å². The minimum atomic E-state index is -0.779. The number of carbonyl (C=O) groups excluding carboxylic acids is 3. The number of rotatable bonds is 12. The summed E-state index contributed by atoms with van der Waals surface area (Å²) in [5, 5.41) is 9.35. The Kier molecular flexibility index (Phi) is 10.9. The molecule has 3 N–H and O–H groups in total. The van der Waals surface area contributed by atoms with Gasteiger partial charge in [-0.25, -0.2) is 15.0 Å². The van der Waals surface area contributed by atoms with Crippen LogP contribution in [0.15, 0.2) is 73.8 Å². The van der Waals surface area contributed by atoms with E-state index in [4.69, 9.17) is 28.4 Å². The van der Waals surface area contributed by atoms with Crippen molar-refractivity contribution in [2.75, 3.05) is 27.1 Å². The highest BCUT2D eigenvalue weighted by Gasteiger charge is 2.32. The number of amides is 3. The van der Waals surface area contributed by atoms with Crippen LogP contribution in [0.1, 0.15) is 36.6 Å². The van der Waals surface area contributed by atoms with Crippen molar-refractivity contribution in [3.05, 3.63) is 85.4 Å². The number of ether oxygens (including phenoxy) is 6. The molecule has 1 atom stereocenters. The molecule has 15 heteroatoms. The average molecular weight is 774 g/mol. The lowest BCUT2D eigenvalue weighted by Gasteiger charge is -2.28. The van der Waals surface area contributed by atoms with Gasteiger partial charge in [0.1, 0.15) is 12.4 Å². The van der Waals surface area contributed by atoms with Gasteiger partial charge < -0.3 is 39.1 Å². The summed E-state index contributed by atoms with van der Waals surface area (Å²) in [5.74, 6) is 1.49. The lowest BCUT2D eigenvalue weighted by molar-refractivity contribution is -0.139. The third kappa shape index (κ3) is 8.16. The van der Waals surface area contributed by atoms with Crippen LogP contribution in [-0.2, 0) is 20.9 Å². The van der Waals surface area contributed by atoms with E-state index >= 15 is 0 Å². The summed E-state index contributed by atoms with van der Waals surface area (Å²) in [6, 6.07) is 12.9. The fraction of sp³-hybridized carbons (Fsp3) is 0.250. The SMILES string of the molecule is CCOC(=O)C1=C(C)NC(=O)N[C@@H]1c1ccc(OCC(=O)N/N=C\c2cc(Br)c(OCc3ccc4c(c3)OCO4)c(Br)c2)c(OC)c1. The molecular formula is C32H30Br2N4O9. The third-order valence-corrected chi connectivity index (χ3v) is 8.07. The van der Waals surface area contributed by atoms with Gasteiger partial charge in [0.2, 0.25) is 6.79 Å². The fourth-order valence-corrected chi connectivity index (χ4v) is 6.19. The number of benzene rings is 3. The summed E-state index contributed by atoms with van der Waals surface area (Å²) in [4.78, 5) is 37.3. The number of nitrogens with one attached hydrogen (secondary N) is 3. The molecule has 47 heavy (non-hydrogen) atoms. The Bertz CT molecular complexity index is 1740. The number of hydrazone groups is 1. The summed E-state index contributed by atoms with van der Waals surface area (Å²) in [5.41, 5.74) is 5.25. The van der Waals surface area contributed by atoms with Crippen LogP contribution in [-0.4, -0.2) is 51.2 Å². The summed E-state index contributed by atoms with van der Waals surface area (Å²) in [6.07, 6.45) is 1.48. The van der Waals surface area contributed by atoms with Crippen molar-refractivity contribution < 1.29 is 42.8 Å². The van der Waals surface area contributed by atoms with E-state index in [2.05, 4.69) is 53.0 Å². The quantitative estimate of drug-likeness (QED) is 0.127. The van der Waals surface area contributed by atoms with E-state index < -0.39 is 23.9 Å². The molecule has 0 saturated heterocycles. The van der Waals surface area contributed by atoms with Crippen LogP contribution in [0.5, 0.6) is 28.7 Å². The number of halogens is 2. The van der Waals surface area contributed by atoms with Gasteiger partial charge in [0.05, 0.1) is 40.5 Å². The van der Waals surface area contributed by atoms with Crippen LogP contribution in [0.25, 0.3) is 0 Å². The summed E-state index contributed by atoms with van der Waals surface area (Å²) in [7, 11) is 1.44. The molecule has 3 aromatic carbocycles. The number of nitrogens with zero attached hydrogens (tertiary/aromatic N) is 1. The number of carbonyl (C=O) groups is 3. The molecule has 5 rings (SSSR count). The Morgan fingerprint density at radius 3 is 2.55 bits per heavy atom. The van der Waals surface area contributed by atoms with Gasteiger partial charge >= 0.3 is 12.0 Å². The first kappa shape index (κ1) is 33.6. The molecule has 0 aliphatic carbocycles. The molecule has 0 spiro atoms. The van der Waals surface area contributed by atoms with Crippen LogP contribution < -0.4 is 39.7 Å². The smallest absolute Gasteiger partial charge is 0.338 e. The molecule has 0 aromatic heterocycles. The van der Waals surface area contributed by atoms with Crippen molar-refractivity contribution in [1.29, 1.82) is 0 Å². The second kappa shape index (κ2) is 15.2. The Morgan fingerprint density at radius 2 is 1.81 bits per heavy atom. The van der Waals surface area contributed by atoms with Gasteiger partial charge in [-0.05, 0) is 98.8 Å². The highest BCUT2D eigenvalue weighted by molar-refractivity contribution is 9.11. The van der Waals surface area contributed by atoms with Crippen molar-refractivity contribution in [3.63, 3.8) is 0 Å². The third-order valence-electron chi connectivity index (χ3n) is 6.89. The van der Waals surface area contributed by atoms with Crippen molar-refractivity contribution >= 4 is 56.0 Å². The van der Waals surface area contributed by atoms with Gasteiger partial charge in [-0.2, -0.15) is 5.10 Å². The molecule has 0 saturated carbocycles. The number of esters is 1. The Hall–Kier alpha value is -4.76. The van der Waals surface area contributed by atoms with Gasteiger partial charge in [0.15, 0.2) is 29.6 Å². The van der Waals surface area contributed by atoms with Gasteiger partial charge in [0.25, 0.3) is 5.91 Å². The van der Waals surface area contributed by atoms with Crippen molar-refractivity contribution in [3.8, 4) is 28.7 Å². The first-order valence-electron chi connectivity index (χ1n) is 14.2. The van der Waals surface area contributed by atoms with Crippen molar-refractivity contribution in [2.45, 2.75) is 26.5 Å². The zero-order valence-corrected chi connectivity index (χ0v) is 28.7. The van der Waals surface area contributed by atoms with Crippen LogP contribution in [0.4, 0.5) is 4.79 Å². The lowest BCUT2D eigenvalue weighted by Crippen LogP contribution is -2.45. The first-order valence-corrected chi connectivity index (χ1v) is 15.8. The Balaban J connectivity index is 1.16. The second-order valence-corrected chi connectivity index (χ2v) is 11.8. The van der Waals surface area contributed by atoms with Gasteiger partial charge in [-0.1, -0.05) is 12.1 Å². The minimum absolute atomic E-state index is 0.179. The van der Waals surface area contributed by atoms with Crippen LogP contribution in [0.2, 0.25) is 0 Å².